The molecule has 0 aliphatic rings. The molecule has 0 fully saturated rings. The van der Waals surface area contributed by atoms with Crippen LogP contribution in [0.15, 0.2) is 53.1 Å². The Bertz CT molecular complexity index is 510. The number of hydrogen-bond donors (Lipinski definition) is 1. The van der Waals surface area contributed by atoms with E-state index in [4.69, 9.17) is 9.15 Å². The molecule has 0 aliphatic carbocycles. The van der Waals surface area contributed by atoms with Gasteiger partial charge in [-0.25, -0.2) is 0 Å². The van der Waals surface area contributed by atoms with Gasteiger partial charge in [-0.1, -0.05) is 30.3 Å². The third-order valence-corrected chi connectivity index (χ3v) is 3.30. The van der Waals surface area contributed by atoms with Crippen molar-refractivity contribution in [2.45, 2.75) is 39.1 Å². The van der Waals surface area contributed by atoms with E-state index in [0.29, 0.717) is 19.7 Å². The minimum absolute atomic E-state index is 0.127. The van der Waals surface area contributed by atoms with Gasteiger partial charge in [0.25, 0.3) is 0 Å². The second-order valence-electron chi connectivity index (χ2n) is 5.77. The van der Waals surface area contributed by atoms with Gasteiger partial charge in [-0.2, -0.15) is 0 Å². The van der Waals surface area contributed by atoms with Crippen molar-refractivity contribution >= 4 is 0 Å². The number of aliphatic hydroxyl groups is 1. The van der Waals surface area contributed by atoms with Crippen LogP contribution in [0.5, 0.6) is 0 Å². The predicted octanol–water partition coefficient (Wildman–Crippen LogP) is 3.07. The molecule has 0 aliphatic heterocycles. The summed E-state index contributed by atoms with van der Waals surface area (Å²) in [6, 6.07) is 14.1. The first kappa shape index (κ1) is 16.7. The van der Waals surface area contributed by atoms with Gasteiger partial charge in [-0.15, -0.1) is 0 Å². The zero-order valence-electron chi connectivity index (χ0n) is 13.3. The molecule has 0 bridgehead atoms. The van der Waals surface area contributed by atoms with Crippen LogP contribution in [0, 0.1) is 0 Å². The molecule has 1 aromatic heterocycles. The van der Waals surface area contributed by atoms with Crippen LogP contribution in [0.4, 0.5) is 0 Å². The average Bonchev–Trinajstić information content (AvgIpc) is 2.99. The average molecular weight is 303 g/mol. The normalized spacial score (nSPS) is 13.0. The zero-order valence-corrected chi connectivity index (χ0v) is 13.3. The molecular formula is C18H25NO3. The van der Waals surface area contributed by atoms with E-state index in [2.05, 4.69) is 17.0 Å². The first-order valence-corrected chi connectivity index (χ1v) is 7.72. The van der Waals surface area contributed by atoms with Crippen molar-refractivity contribution in [1.82, 2.24) is 4.90 Å². The van der Waals surface area contributed by atoms with Gasteiger partial charge >= 0.3 is 0 Å². The van der Waals surface area contributed by atoms with E-state index in [1.807, 2.05) is 44.2 Å². The van der Waals surface area contributed by atoms with Gasteiger partial charge in [0.1, 0.15) is 5.76 Å². The molecule has 0 saturated carbocycles. The van der Waals surface area contributed by atoms with Gasteiger partial charge in [0.05, 0.1) is 31.6 Å². The standard InChI is InChI=1S/C18H25NO3/c1-15(2)22-14-17(20)12-19(13-18-9-6-10-21-18)11-16-7-4-3-5-8-16/h3-10,15,17,20H,11-14H2,1-2H3/t17-/m0/s1. The topological polar surface area (TPSA) is 45.8 Å². The maximum Gasteiger partial charge on any atom is 0.117 e. The minimum atomic E-state index is -0.513. The van der Waals surface area contributed by atoms with E-state index >= 15 is 0 Å². The lowest BCUT2D eigenvalue weighted by atomic mass is 10.2. The van der Waals surface area contributed by atoms with E-state index in [0.717, 1.165) is 12.3 Å². The second kappa shape index (κ2) is 8.73. The SMILES string of the molecule is CC(C)OC[C@@H](O)CN(Cc1ccccc1)Cc1ccco1. The molecule has 2 aromatic rings. The molecule has 22 heavy (non-hydrogen) atoms. The van der Waals surface area contributed by atoms with Crippen LogP contribution in [0.2, 0.25) is 0 Å². The molecule has 1 heterocycles. The Labute approximate surface area is 132 Å². The summed E-state index contributed by atoms with van der Waals surface area (Å²) < 4.78 is 10.9. The maximum atomic E-state index is 10.2. The van der Waals surface area contributed by atoms with Crippen LogP contribution < -0.4 is 0 Å². The summed E-state index contributed by atoms with van der Waals surface area (Å²) in [7, 11) is 0. The molecule has 1 aromatic carbocycles. The Morgan fingerprint density at radius 1 is 1.09 bits per heavy atom. The third kappa shape index (κ3) is 6.02. The Morgan fingerprint density at radius 3 is 2.50 bits per heavy atom. The number of rotatable bonds is 9. The second-order valence-corrected chi connectivity index (χ2v) is 5.77. The molecule has 2 rings (SSSR count). The van der Waals surface area contributed by atoms with Crippen LogP contribution >= 0.6 is 0 Å². The highest BCUT2D eigenvalue weighted by molar-refractivity contribution is 5.14. The van der Waals surface area contributed by atoms with Gasteiger partial charge < -0.3 is 14.3 Å². The lowest BCUT2D eigenvalue weighted by Gasteiger charge is -2.24. The minimum Gasteiger partial charge on any atom is -0.468 e. The summed E-state index contributed by atoms with van der Waals surface area (Å²) >= 11 is 0. The molecule has 0 radical (unpaired) electrons. The molecule has 1 N–H and O–H groups in total. The van der Waals surface area contributed by atoms with Crippen LogP contribution in [0.25, 0.3) is 0 Å². The highest BCUT2D eigenvalue weighted by atomic mass is 16.5. The van der Waals surface area contributed by atoms with Crippen LogP contribution in [0.1, 0.15) is 25.2 Å². The Morgan fingerprint density at radius 2 is 1.86 bits per heavy atom. The van der Waals surface area contributed by atoms with Crippen LogP contribution in [-0.2, 0) is 17.8 Å². The monoisotopic (exact) mass is 303 g/mol. The lowest BCUT2D eigenvalue weighted by molar-refractivity contribution is -0.0114. The molecule has 120 valence electrons. The van der Waals surface area contributed by atoms with Gasteiger partial charge in [-0.3, -0.25) is 4.90 Å². The number of furan rings is 1. The quantitative estimate of drug-likeness (QED) is 0.773. The Kier molecular flexibility index (Phi) is 6.65. The Balaban J connectivity index is 1.94. The van der Waals surface area contributed by atoms with Crippen molar-refractivity contribution in [2.75, 3.05) is 13.2 Å². The number of benzene rings is 1. The first-order valence-electron chi connectivity index (χ1n) is 7.72. The maximum absolute atomic E-state index is 10.2. The fourth-order valence-electron chi connectivity index (χ4n) is 2.30. The fraction of sp³-hybridized carbons (Fsp3) is 0.444. The predicted molar refractivity (Wildman–Crippen MR) is 86.4 cm³/mol. The summed E-state index contributed by atoms with van der Waals surface area (Å²) in [5.41, 5.74) is 1.21. The van der Waals surface area contributed by atoms with Crippen molar-refractivity contribution in [3.8, 4) is 0 Å². The van der Waals surface area contributed by atoms with Crippen LogP contribution in [0.3, 0.4) is 0 Å². The summed E-state index contributed by atoms with van der Waals surface area (Å²) in [5, 5.41) is 10.2. The molecule has 4 heteroatoms. The fourth-order valence-corrected chi connectivity index (χ4v) is 2.30. The Hall–Kier alpha value is -1.62. The molecule has 1 atom stereocenters. The largest absolute Gasteiger partial charge is 0.468 e. The first-order chi connectivity index (χ1) is 10.6. The highest BCUT2D eigenvalue weighted by Crippen LogP contribution is 2.11. The molecule has 4 nitrogen and oxygen atoms in total. The lowest BCUT2D eigenvalue weighted by Crippen LogP contribution is -2.34. The van der Waals surface area contributed by atoms with E-state index in [1.165, 1.54) is 5.56 Å². The van der Waals surface area contributed by atoms with Gasteiger partial charge in [0.15, 0.2) is 0 Å². The van der Waals surface area contributed by atoms with Crippen molar-refractivity contribution < 1.29 is 14.3 Å². The van der Waals surface area contributed by atoms with E-state index in [-0.39, 0.29) is 6.10 Å². The van der Waals surface area contributed by atoms with Gasteiger partial charge in [0, 0.05) is 13.1 Å². The number of hydrogen-bond acceptors (Lipinski definition) is 4. The van der Waals surface area contributed by atoms with Crippen molar-refractivity contribution in [1.29, 1.82) is 0 Å². The van der Waals surface area contributed by atoms with Crippen molar-refractivity contribution in [2.24, 2.45) is 0 Å². The zero-order chi connectivity index (χ0) is 15.8. The number of ether oxygens (including phenoxy) is 1. The molecular weight excluding hydrogens is 278 g/mol. The molecule has 0 unspecified atom stereocenters. The summed E-state index contributed by atoms with van der Waals surface area (Å²) in [6.07, 6.45) is 1.29. The number of nitrogens with zero attached hydrogens (tertiary/aromatic N) is 1. The van der Waals surface area contributed by atoms with E-state index < -0.39 is 6.10 Å². The van der Waals surface area contributed by atoms with Gasteiger partial charge in [0.2, 0.25) is 0 Å². The summed E-state index contributed by atoms with van der Waals surface area (Å²) in [5.74, 6) is 0.896. The smallest absolute Gasteiger partial charge is 0.117 e. The van der Waals surface area contributed by atoms with Crippen molar-refractivity contribution in [3.63, 3.8) is 0 Å². The summed E-state index contributed by atoms with van der Waals surface area (Å²) in [6.45, 7) is 6.26. The van der Waals surface area contributed by atoms with Crippen LogP contribution in [-0.4, -0.2) is 35.4 Å². The van der Waals surface area contributed by atoms with Gasteiger partial charge in [-0.05, 0) is 31.5 Å². The van der Waals surface area contributed by atoms with E-state index in [1.54, 1.807) is 6.26 Å². The molecule has 0 spiro atoms. The molecule has 0 amide bonds. The third-order valence-electron chi connectivity index (χ3n) is 3.30. The summed E-state index contributed by atoms with van der Waals surface area (Å²) in [4.78, 5) is 2.17. The van der Waals surface area contributed by atoms with Crippen molar-refractivity contribution in [3.05, 3.63) is 60.1 Å². The molecule has 0 saturated heterocycles. The highest BCUT2D eigenvalue weighted by Gasteiger charge is 2.15. The van der Waals surface area contributed by atoms with E-state index in [9.17, 15) is 5.11 Å². The number of aliphatic hydroxyl groups excluding tert-OH is 1.